The van der Waals surface area contributed by atoms with Crippen LogP contribution in [-0.2, 0) is 13.0 Å². The number of hydrogen-bond acceptors (Lipinski definition) is 3. The predicted octanol–water partition coefficient (Wildman–Crippen LogP) is 3.07. The topological polar surface area (TPSA) is 50.0 Å². The summed E-state index contributed by atoms with van der Waals surface area (Å²) in [5.74, 6) is 2.87. The zero-order valence-electron chi connectivity index (χ0n) is 14.2. The summed E-state index contributed by atoms with van der Waals surface area (Å²) in [5.41, 5.74) is 1.18. The number of ether oxygens (including phenoxy) is 1. The molecule has 1 aromatic heterocycles. The van der Waals surface area contributed by atoms with E-state index in [-0.39, 0.29) is 0 Å². The van der Waals surface area contributed by atoms with E-state index in [1.165, 1.54) is 18.4 Å². The van der Waals surface area contributed by atoms with Gasteiger partial charge in [0.1, 0.15) is 11.5 Å². The molecule has 0 aliphatic carbocycles. The molecular formula is C19H25N3O2. The fourth-order valence-corrected chi connectivity index (χ4v) is 2.85. The SMILES string of the molecule is COc1ccc(CN=C(NCCc2ccco2)N2CCCC2)cc1. The molecule has 1 aliphatic rings. The first-order valence-electron chi connectivity index (χ1n) is 8.54. The van der Waals surface area contributed by atoms with Crippen molar-refractivity contribution in [3.63, 3.8) is 0 Å². The minimum Gasteiger partial charge on any atom is -0.497 e. The summed E-state index contributed by atoms with van der Waals surface area (Å²) in [4.78, 5) is 7.15. The van der Waals surface area contributed by atoms with E-state index >= 15 is 0 Å². The monoisotopic (exact) mass is 327 g/mol. The van der Waals surface area contributed by atoms with Crippen molar-refractivity contribution < 1.29 is 9.15 Å². The maximum Gasteiger partial charge on any atom is 0.194 e. The molecule has 5 heteroatoms. The van der Waals surface area contributed by atoms with E-state index in [4.69, 9.17) is 14.1 Å². The number of likely N-dealkylation sites (tertiary alicyclic amines) is 1. The average Bonchev–Trinajstić information content (AvgIpc) is 3.32. The maximum atomic E-state index is 5.39. The van der Waals surface area contributed by atoms with Crippen LogP contribution in [0.3, 0.4) is 0 Å². The fraction of sp³-hybridized carbons (Fsp3) is 0.421. The summed E-state index contributed by atoms with van der Waals surface area (Å²) in [5, 5.41) is 3.48. The van der Waals surface area contributed by atoms with Crippen molar-refractivity contribution in [3.8, 4) is 5.75 Å². The predicted molar refractivity (Wildman–Crippen MR) is 95.4 cm³/mol. The summed E-state index contributed by atoms with van der Waals surface area (Å²) in [6, 6.07) is 12.0. The smallest absolute Gasteiger partial charge is 0.194 e. The van der Waals surface area contributed by atoms with Gasteiger partial charge in [0.25, 0.3) is 0 Å². The molecule has 5 nitrogen and oxygen atoms in total. The molecule has 0 unspecified atom stereocenters. The molecule has 128 valence electrons. The molecule has 0 radical (unpaired) electrons. The van der Waals surface area contributed by atoms with Crippen LogP contribution in [-0.4, -0.2) is 37.6 Å². The summed E-state index contributed by atoms with van der Waals surface area (Å²) in [6.07, 6.45) is 5.06. The quantitative estimate of drug-likeness (QED) is 0.654. The van der Waals surface area contributed by atoms with Crippen molar-refractivity contribution in [2.75, 3.05) is 26.7 Å². The van der Waals surface area contributed by atoms with Gasteiger partial charge >= 0.3 is 0 Å². The number of rotatable bonds is 6. The lowest BCUT2D eigenvalue weighted by Gasteiger charge is -2.21. The molecule has 1 fully saturated rings. The highest BCUT2D eigenvalue weighted by atomic mass is 16.5. The van der Waals surface area contributed by atoms with Gasteiger partial charge in [0.05, 0.1) is 19.9 Å². The summed E-state index contributed by atoms with van der Waals surface area (Å²) >= 11 is 0. The van der Waals surface area contributed by atoms with Crippen LogP contribution in [0, 0.1) is 0 Å². The lowest BCUT2D eigenvalue weighted by Crippen LogP contribution is -2.40. The van der Waals surface area contributed by atoms with Gasteiger partial charge in [-0.2, -0.15) is 0 Å². The molecule has 1 aliphatic heterocycles. The van der Waals surface area contributed by atoms with E-state index in [0.29, 0.717) is 6.54 Å². The van der Waals surface area contributed by atoms with E-state index in [2.05, 4.69) is 22.3 Å². The number of nitrogens with zero attached hydrogens (tertiary/aromatic N) is 2. The van der Waals surface area contributed by atoms with E-state index < -0.39 is 0 Å². The second-order valence-electron chi connectivity index (χ2n) is 5.94. The number of aliphatic imine (C=N–C) groups is 1. The van der Waals surface area contributed by atoms with Crippen molar-refractivity contribution in [1.29, 1.82) is 0 Å². The molecule has 2 heterocycles. The lowest BCUT2D eigenvalue weighted by atomic mass is 10.2. The third-order valence-corrected chi connectivity index (χ3v) is 4.21. The van der Waals surface area contributed by atoms with Crippen LogP contribution >= 0.6 is 0 Å². The highest BCUT2D eigenvalue weighted by Crippen LogP contribution is 2.13. The molecule has 24 heavy (non-hydrogen) atoms. The third-order valence-electron chi connectivity index (χ3n) is 4.21. The second kappa shape index (κ2) is 8.43. The Morgan fingerprint density at radius 3 is 2.67 bits per heavy atom. The number of benzene rings is 1. The largest absolute Gasteiger partial charge is 0.497 e. The van der Waals surface area contributed by atoms with Crippen molar-refractivity contribution in [2.45, 2.75) is 25.8 Å². The molecule has 0 spiro atoms. The van der Waals surface area contributed by atoms with Gasteiger partial charge in [-0.1, -0.05) is 12.1 Å². The van der Waals surface area contributed by atoms with Crippen LogP contribution < -0.4 is 10.1 Å². The Morgan fingerprint density at radius 1 is 1.21 bits per heavy atom. The molecule has 0 amide bonds. The Labute approximate surface area is 143 Å². The van der Waals surface area contributed by atoms with E-state index in [9.17, 15) is 0 Å². The Kier molecular flexibility index (Phi) is 5.77. The minimum absolute atomic E-state index is 0.670. The molecule has 0 bridgehead atoms. The second-order valence-corrected chi connectivity index (χ2v) is 5.94. The lowest BCUT2D eigenvalue weighted by molar-refractivity contribution is 0.414. The maximum absolute atomic E-state index is 5.39. The van der Waals surface area contributed by atoms with Crippen molar-refractivity contribution in [1.82, 2.24) is 10.2 Å². The van der Waals surface area contributed by atoms with Crippen LogP contribution in [0.4, 0.5) is 0 Å². The Bertz CT molecular complexity index is 629. The molecule has 1 N–H and O–H groups in total. The highest BCUT2D eigenvalue weighted by Gasteiger charge is 2.15. The van der Waals surface area contributed by atoms with E-state index in [1.54, 1.807) is 13.4 Å². The van der Waals surface area contributed by atoms with Gasteiger partial charge < -0.3 is 19.4 Å². The van der Waals surface area contributed by atoms with Gasteiger partial charge in [0.15, 0.2) is 5.96 Å². The number of nitrogens with one attached hydrogen (secondary N) is 1. The van der Waals surface area contributed by atoms with Gasteiger partial charge in [-0.3, -0.25) is 0 Å². The van der Waals surface area contributed by atoms with Crippen LogP contribution in [0.5, 0.6) is 5.75 Å². The molecule has 0 atom stereocenters. The van der Waals surface area contributed by atoms with Gasteiger partial charge in [-0.15, -0.1) is 0 Å². The molecule has 0 saturated carbocycles. The average molecular weight is 327 g/mol. The van der Waals surface area contributed by atoms with Crippen LogP contribution in [0.25, 0.3) is 0 Å². The van der Waals surface area contributed by atoms with E-state index in [1.807, 2.05) is 24.3 Å². The zero-order chi connectivity index (χ0) is 16.6. The number of guanidine groups is 1. The third kappa shape index (κ3) is 4.54. The van der Waals surface area contributed by atoms with Crippen molar-refractivity contribution >= 4 is 5.96 Å². The molecule has 2 aromatic rings. The van der Waals surface area contributed by atoms with E-state index in [0.717, 1.165) is 43.5 Å². The van der Waals surface area contributed by atoms with Crippen LogP contribution in [0.1, 0.15) is 24.2 Å². The van der Waals surface area contributed by atoms with Gasteiger partial charge in [0, 0.05) is 26.1 Å². The fourth-order valence-electron chi connectivity index (χ4n) is 2.85. The van der Waals surface area contributed by atoms with Crippen molar-refractivity contribution in [2.24, 2.45) is 4.99 Å². The first kappa shape index (κ1) is 16.4. The Morgan fingerprint density at radius 2 is 2.00 bits per heavy atom. The first-order chi connectivity index (χ1) is 11.8. The summed E-state index contributed by atoms with van der Waals surface area (Å²) in [7, 11) is 1.68. The zero-order valence-corrected chi connectivity index (χ0v) is 14.2. The molecular weight excluding hydrogens is 302 g/mol. The molecule has 1 saturated heterocycles. The number of furan rings is 1. The normalized spacial score (nSPS) is 14.9. The Hall–Kier alpha value is -2.43. The number of methoxy groups -OCH3 is 1. The van der Waals surface area contributed by atoms with Crippen LogP contribution in [0.2, 0.25) is 0 Å². The number of hydrogen-bond donors (Lipinski definition) is 1. The Balaban J connectivity index is 1.59. The van der Waals surface area contributed by atoms with Crippen LogP contribution in [0.15, 0.2) is 52.1 Å². The highest BCUT2D eigenvalue weighted by molar-refractivity contribution is 5.80. The summed E-state index contributed by atoms with van der Waals surface area (Å²) < 4.78 is 10.6. The standard InChI is InChI=1S/C19H25N3O2/c1-23-17-8-6-16(7-9-17)15-21-19(22-12-2-3-13-22)20-11-10-18-5-4-14-24-18/h4-9,14H,2-3,10-13,15H2,1H3,(H,20,21). The molecule has 1 aromatic carbocycles. The van der Waals surface area contributed by atoms with Crippen molar-refractivity contribution in [3.05, 3.63) is 54.0 Å². The van der Waals surface area contributed by atoms with Gasteiger partial charge in [0.2, 0.25) is 0 Å². The minimum atomic E-state index is 0.670. The van der Waals surface area contributed by atoms with Gasteiger partial charge in [-0.25, -0.2) is 4.99 Å². The summed E-state index contributed by atoms with van der Waals surface area (Å²) in [6.45, 7) is 3.65. The molecule has 3 rings (SSSR count). The first-order valence-corrected chi connectivity index (χ1v) is 8.54. The van der Waals surface area contributed by atoms with Gasteiger partial charge in [-0.05, 0) is 42.7 Å².